The van der Waals surface area contributed by atoms with Crippen LogP contribution in [-0.2, 0) is 23.0 Å². The van der Waals surface area contributed by atoms with Gasteiger partial charge in [-0.15, -0.1) is 0 Å². The van der Waals surface area contributed by atoms with E-state index in [2.05, 4.69) is 23.9 Å². The predicted octanol–water partition coefficient (Wildman–Crippen LogP) is 1.31. The van der Waals surface area contributed by atoms with Gasteiger partial charge >= 0.3 is 0 Å². The van der Waals surface area contributed by atoms with Crippen LogP contribution in [0, 0.1) is 0 Å². The molecule has 0 saturated heterocycles. The molecular formula is C13H21N5O2S. The van der Waals surface area contributed by atoms with Gasteiger partial charge in [-0.2, -0.15) is 5.10 Å². The Hall–Kier alpha value is -1.67. The van der Waals surface area contributed by atoms with Crippen LogP contribution >= 0.6 is 0 Å². The van der Waals surface area contributed by atoms with Gasteiger partial charge in [-0.05, 0) is 19.4 Å². The molecule has 0 fully saturated rings. The number of hydrogen-bond donors (Lipinski definition) is 1. The fraction of sp³-hybridized carbons (Fsp3) is 0.538. The normalized spacial score (nSPS) is 13.5. The van der Waals surface area contributed by atoms with Gasteiger partial charge < -0.3 is 4.57 Å². The number of nitrogens with zero attached hydrogens (tertiary/aromatic N) is 4. The zero-order valence-corrected chi connectivity index (χ0v) is 13.3. The van der Waals surface area contributed by atoms with E-state index in [0.29, 0.717) is 24.8 Å². The summed E-state index contributed by atoms with van der Waals surface area (Å²) < 4.78 is 26.5. The van der Waals surface area contributed by atoms with Gasteiger partial charge in [0, 0.05) is 24.9 Å². The summed E-state index contributed by atoms with van der Waals surface area (Å²) >= 11 is 0. The highest BCUT2D eigenvalue weighted by Crippen LogP contribution is 2.13. The van der Waals surface area contributed by atoms with Crippen molar-refractivity contribution in [3.8, 4) is 0 Å². The number of aryl methyl sites for hydroxylation is 1. The first-order valence-corrected chi connectivity index (χ1v) is 8.52. The van der Waals surface area contributed by atoms with E-state index in [1.165, 1.54) is 6.20 Å². The molecule has 0 saturated carbocycles. The van der Waals surface area contributed by atoms with Gasteiger partial charge in [0.1, 0.15) is 5.82 Å². The average molecular weight is 311 g/mol. The number of aromatic nitrogens is 4. The number of rotatable bonds is 6. The quantitative estimate of drug-likeness (QED) is 0.870. The Balaban J connectivity index is 2.27. The molecule has 0 radical (unpaired) electrons. The van der Waals surface area contributed by atoms with Crippen LogP contribution in [-0.4, -0.2) is 27.7 Å². The Labute approximate surface area is 124 Å². The molecule has 7 nitrogen and oxygen atoms in total. The summed E-state index contributed by atoms with van der Waals surface area (Å²) in [5.74, 6) is 0.678. The molecule has 1 atom stereocenters. The summed E-state index contributed by atoms with van der Waals surface area (Å²) in [4.78, 5) is 4.07. The van der Waals surface area contributed by atoms with Crippen LogP contribution in [0.4, 0.5) is 0 Å². The lowest BCUT2D eigenvalue weighted by molar-refractivity contribution is 0.472. The number of nitrogens with two attached hydrogens (primary N) is 1. The van der Waals surface area contributed by atoms with Gasteiger partial charge in [-0.1, -0.05) is 13.8 Å². The van der Waals surface area contributed by atoms with Crippen molar-refractivity contribution in [2.75, 3.05) is 0 Å². The molecule has 1 unspecified atom stereocenters. The Morgan fingerprint density at radius 2 is 2.10 bits per heavy atom. The number of sulfonamides is 1. The maximum atomic E-state index is 11.4. The summed E-state index contributed by atoms with van der Waals surface area (Å²) in [6.07, 6.45) is 5.03. The van der Waals surface area contributed by atoms with Crippen molar-refractivity contribution in [3.63, 3.8) is 0 Å². The molecule has 21 heavy (non-hydrogen) atoms. The van der Waals surface area contributed by atoms with Crippen LogP contribution in [0.15, 0.2) is 23.5 Å². The summed E-state index contributed by atoms with van der Waals surface area (Å²) in [5.41, 5.74) is 0.864. The first-order valence-electron chi connectivity index (χ1n) is 6.98. The van der Waals surface area contributed by atoms with Gasteiger partial charge in [0.25, 0.3) is 10.0 Å². The number of hydrogen-bond acceptors (Lipinski definition) is 4. The third-order valence-electron chi connectivity index (χ3n) is 3.48. The molecule has 0 amide bonds. The van der Waals surface area contributed by atoms with Crippen LogP contribution in [0.3, 0.4) is 0 Å². The molecule has 2 heterocycles. The largest absolute Gasteiger partial charge is 0.327 e. The molecule has 116 valence electrons. The third kappa shape index (κ3) is 3.51. The van der Waals surface area contributed by atoms with E-state index in [9.17, 15) is 8.42 Å². The molecule has 0 aliphatic carbocycles. The summed E-state index contributed by atoms with van der Waals surface area (Å²) in [6.45, 7) is 6.61. The first-order chi connectivity index (χ1) is 9.85. The van der Waals surface area contributed by atoms with Crippen LogP contribution in [0.2, 0.25) is 0 Å². The minimum absolute atomic E-state index is 0.0966. The first kappa shape index (κ1) is 15.7. The minimum Gasteiger partial charge on any atom is -0.327 e. The van der Waals surface area contributed by atoms with Crippen LogP contribution in [0.25, 0.3) is 0 Å². The molecule has 0 aliphatic heterocycles. The lowest BCUT2D eigenvalue weighted by Crippen LogP contribution is -2.12. The zero-order valence-electron chi connectivity index (χ0n) is 12.5. The summed E-state index contributed by atoms with van der Waals surface area (Å²) in [7, 11) is -3.78. The Kier molecular flexibility index (Phi) is 4.48. The van der Waals surface area contributed by atoms with Gasteiger partial charge in [0.2, 0.25) is 0 Å². The zero-order chi connectivity index (χ0) is 15.6. The van der Waals surface area contributed by atoms with Crippen molar-refractivity contribution >= 4 is 10.0 Å². The molecule has 2 aromatic rings. The smallest absolute Gasteiger partial charge is 0.257 e. The summed E-state index contributed by atoms with van der Waals surface area (Å²) in [6, 6.07) is 2.27. The second-order valence-corrected chi connectivity index (χ2v) is 6.57. The molecule has 8 heteroatoms. The third-order valence-corrected chi connectivity index (χ3v) is 4.26. The predicted molar refractivity (Wildman–Crippen MR) is 79.3 cm³/mol. The highest BCUT2D eigenvalue weighted by Gasteiger charge is 2.16. The topological polar surface area (TPSA) is 95.8 Å². The lowest BCUT2D eigenvalue weighted by atomic mass is 10.3. The van der Waals surface area contributed by atoms with Gasteiger partial charge in [0.15, 0.2) is 5.03 Å². The van der Waals surface area contributed by atoms with Crippen LogP contribution in [0.5, 0.6) is 0 Å². The van der Waals surface area contributed by atoms with Crippen molar-refractivity contribution in [1.82, 2.24) is 19.3 Å². The second-order valence-electron chi connectivity index (χ2n) is 5.07. The SMILES string of the molecule is CCc1nc(S(N)(=O)=O)cn1Cc1ccn(C(C)CC)n1. The van der Waals surface area contributed by atoms with E-state index >= 15 is 0 Å². The van der Waals surface area contributed by atoms with Crippen LogP contribution < -0.4 is 5.14 Å². The van der Waals surface area contributed by atoms with E-state index in [4.69, 9.17) is 5.14 Å². The monoisotopic (exact) mass is 311 g/mol. The standard InChI is InChI=1S/C13H21N5O2S/c1-4-10(3)18-7-6-11(16-18)8-17-9-13(21(14,19)20)15-12(17)5-2/h6-7,9-10H,4-5,8H2,1-3H3,(H2,14,19,20). The van der Waals surface area contributed by atoms with E-state index in [1.807, 2.05) is 23.9 Å². The van der Waals surface area contributed by atoms with Gasteiger partial charge in [-0.25, -0.2) is 18.5 Å². The molecule has 0 aromatic carbocycles. The maximum Gasteiger partial charge on any atom is 0.257 e. The molecule has 2 aromatic heterocycles. The van der Waals surface area contributed by atoms with E-state index < -0.39 is 10.0 Å². The van der Waals surface area contributed by atoms with Gasteiger partial charge in [-0.3, -0.25) is 4.68 Å². The maximum absolute atomic E-state index is 11.4. The van der Waals surface area contributed by atoms with E-state index in [0.717, 1.165) is 12.1 Å². The number of primary sulfonamides is 1. The van der Waals surface area contributed by atoms with E-state index in [-0.39, 0.29) is 5.03 Å². The summed E-state index contributed by atoms with van der Waals surface area (Å²) in [5, 5.41) is 9.54. The van der Waals surface area contributed by atoms with Crippen molar-refractivity contribution in [2.24, 2.45) is 5.14 Å². The van der Waals surface area contributed by atoms with Gasteiger partial charge in [0.05, 0.1) is 12.2 Å². The molecular weight excluding hydrogens is 290 g/mol. The van der Waals surface area contributed by atoms with Crippen molar-refractivity contribution in [3.05, 3.63) is 30.0 Å². The molecule has 2 rings (SSSR count). The number of imidazole rings is 1. The van der Waals surface area contributed by atoms with Crippen molar-refractivity contribution in [2.45, 2.75) is 51.2 Å². The Bertz CT molecular complexity index is 717. The fourth-order valence-electron chi connectivity index (χ4n) is 2.05. The highest BCUT2D eigenvalue weighted by molar-refractivity contribution is 7.89. The average Bonchev–Trinajstić information content (AvgIpc) is 3.04. The Morgan fingerprint density at radius 3 is 2.67 bits per heavy atom. The fourth-order valence-corrected chi connectivity index (χ4v) is 2.56. The minimum atomic E-state index is -3.78. The molecule has 0 bridgehead atoms. The molecule has 0 spiro atoms. The molecule has 2 N–H and O–H groups in total. The highest BCUT2D eigenvalue weighted by atomic mass is 32.2. The second kappa shape index (κ2) is 5.98. The van der Waals surface area contributed by atoms with E-state index in [1.54, 1.807) is 4.57 Å². The Morgan fingerprint density at radius 1 is 1.38 bits per heavy atom. The van der Waals surface area contributed by atoms with Crippen LogP contribution in [0.1, 0.15) is 44.8 Å². The molecule has 0 aliphatic rings. The van der Waals surface area contributed by atoms with Crippen molar-refractivity contribution in [1.29, 1.82) is 0 Å². The van der Waals surface area contributed by atoms with Crippen molar-refractivity contribution < 1.29 is 8.42 Å². The lowest BCUT2D eigenvalue weighted by Gasteiger charge is -2.08.